The Morgan fingerprint density at radius 3 is 1.62 bits per heavy atom. The largest absolute Gasteiger partial charge is 0.308 e. The lowest BCUT2D eigenvalue weighted by molar-refractivity contribution is 0.591. The standard InChI is InChI=1S/C57H44N4/c1-56(2,3)36-28-42-41-25-33-17-13-14-18-34(33)27-46(41)60-48-32-58-55-51(50(48)45(29-36)52(42)60)43-26-35-19-15-16-24-40(35)49-44-30-37(57(4,5)6)31-47(53(44)61(55)54(43)49)59(38-20-9-7-10-21-38)39-22-11-8-12-23-39/h7-32H,1-6H3. The zero-order chi connectivity index (χ0) is 41.1. The fraction of sp³-hybridized carbons (Fsp3) is 0.140. The topological polar surface area (TPSA) is 24.9 Å². The summed E-state index contributed by atoms with van der Waals surface area (Å²) >= 11 is 0. The molecule has 0 aliphatic rings. The number of rotatable bonds is 3. The van der Waals surface area contributed by atoms with Gasteiger partial charge < -0.3 is 9.30 Å². The maximum Gasteiger partial charge on any atom is 0.146 e. The van der Waals surface area contributed by atoms with Crippen LogP contribution in [0.5, 0.6) is 0 Å². The molecule has 5 heterocycles. The molecule has 0 radical (unpaired) electrons. The van der Waals surface area contributed by atoms with Gasteiger partial charge in [-0.1, -0.05) is 126 Å². The molecule has 0 saturated heterocycles. The summed E-state index contributed by atoms with van der Waals surface area (Å²) in [6.07, 6.45) is 2.16. The Bertz CT molecular complexity index is 3890. The van der Waals surface area contributed by atoms with Crippen molar-refractivity contribution in [2.24, 2.45) is 0 Å². The molecule has 0 amide bonds. The molecule has 0 bridgehead atoms. The van der Waals surface area contributed by atoms with Crippen LogP contribution in [0.15, 0.2) is 158 Å². The van der Waals surface area contributed by atoms with Crippen molar-refractivity contribution in [2.75, 3.05) is 4.90 Å². The zero-order valence-corrected chi connectivity index (χ0v) is 35.3. The van der Waals surface area contributed by atoms with Gasteiger partial charge in [0.25, 0.3) is 0 Å². The van der Waals surface area contributed by atoms with Crippen LogP contribution >= 0.6 is 0 Å². The first kappa shape index (κ1) is 34.7. The van der Waals surface area contributed by atoms with Crippen LogP contribution in [0.1, 0.15) is 52.7 Å². The highest BCUT2D eigenvalue weighted by Crippen LogP contribution is 2.52. The number of fused-ring (bicyclic) bond motifs is 16. The van der Waals surface area contributed by atoms with E-state index in [0.29, 0.717) is 0 Å². The Hall–Kier alpha value is -7.17. The molecule has 13 aromatic rings. The lowest BCUT2D eigenvalue weighted by atomic mass is 9.85. The van der Waals surface area contributed by atoms with Crippen molar-refractivity contribution in [1.82, 2.24) is 13.8 Å². The van der Waals surface area contributed by atoms with Crippen molar-refractivity contribution < 1.29 is 0 Å². The number of hydrogen-bond acceptors (Lipinski definition) is 2. The lowest BCUT2D eigenvalue weighted by Crippen LogP contribution is -2.15. The van der Waals surface area contributed by atoms with E-state index in [1.807, 2.05) is 0 Å². The highest BCUT2D eigenvalue weighted by molar-refractivity contribution is 6.38. The average Bonchev–Trinajstić information content (AvgIpc) is 3.98. The summed E-state index contributed by atoms with van der Waals surface area (Å²) in [4.78, 5) is 8.06. The number of aromatic nitrogens is 3. The van der Waals surface area contributed by atoms with Crippen molar-refractivity contribution in [3.8, 4) is 0 Å². The van der Waals surface area contributed by atoms with Crippen LogP contribution in [0.4, 0.5) is 17.1 Å². The molecule has 0 aliphatic heterocycles. The van der Waals surface area contributed by atoms with Gasteiger partial charge in [-0.3, -0.25) is 4.40 Å². The van der Waals surface area contributed by atoms with Crippen molar-refractivity contribution >= 4 is 115 Å². The minimum atomic E-state index is -0.101. The van der Waals surface area contributed by atoms with E-state index >= 15 is 0 Å². The second-order valence-electron chi connectivity index (χ2n) is 19.3. The number of benzene rings is 8. The second kappa shape index (κ2) is 11.8. The van der Waals surface area contributed by atoms with E-state index in [1.165, 1.54) is 97.8 Å². The van der Waals surface area contributed by atoms with Crippen molar-refractivity contribution in [2.45, 2.75) is 52.4 Å². The monoisotopic (exact) mass is 784 g/mol. The van der Waals surface area contributed by atoms with Crippen molar-refractivity contribution in [3.05, 3.63) is 169 Å². The van der Waals surface area contributed by atoms with Gasteiger partial charge in [-0.25, -0.2) is 4.98 Å². The molecule has 0 fully saturated rings. The molecule has 5 aromatic heterocycles. The third-order valence-electron chi connectivity index (χ3n) is 13.6. The third kappa shape index (κ3) is 4.62. The summed E-state index contributed by atoms with van der Waals surface area (Å²) in [5.74, 6) is 0. The van der Waals surface area contributed by atoms with Gasteiger partial charge in [0, 0.05) is 54.5 Å². The predicted molar refractivity (Wildman–Crippen MR) is 261 cm³/mol. The molecular weight excluding hydrogens is 741 g/mol. The SMILES string of the molecule is CC(C)(C)c1cc(N(c2ccccc2)c2ccccc2)c2c(c1)c1c3ccccc3cc3c4c5c6cc(C(C)(C)C)cc7c8cc9ccccc9cc8n(c5cnc4n2c31)c76. The average molecular weight is 785 g/mol. The van der Waals surface area contributed by atoms with E-state index in [9.17, 15) is 0 Å². The van der Waals surface area contributed by atoms with Crippen LogP contribution in [-0.4, -0.2) is 13.8 Å². The highest BCUT2D eigenvalue weighted by atomic mass is 15.2. The van der Waals surface area contributed by atoms with Crippen molar-refractivity contribution in [3.63, 3.8) is 0 Å². The maximum absolute atomic E-state index is 5.61. The van der Waals surface area contributed by atoms with E-state index in [4.69, 9.17) is 4.98 Å². The highest BCUT2D eigenvalue weighted by Gasteiger charge is 2.31. The lowest BCUT2D eigenvalue weighted by Gasteiger charge is -2.29. The van der Waals surface area contributed by atoms with Gasteiger partial charge in [-0.15, -0.1) is 0 Å². The Balaban J connectivity index is 1.29. The summed E-state index contributed by atoms with van der Waals surface area (Å²) in [7, 11) is 0. The van der Waals surface area contributed by atoms with E-state index < -0.39 is 0 Å². The van der Waals surface area contributed by atoms with Crippen LogP contribution in [-0.2, 0) is 10.8 Å². The summed E-state index contributed by atoms with van der Waals surface area (Å²) < 4.78 is 5.03. The molecule has 0 atom stereocenters. The molecule has 0 aliphatic carbocycles. The summed E-state index contributed by atoms with van der Waals surface area (Å²) in [5.41, 5.74) is 12.9. The Kier molecular flexibility index (Phi) is 6.69. The molecule has 4 nitrogen and oxygen atoms in total. The van der Waals surface area contributed by atoms with Gasteiger partial charge >= 0.3 is 0 Å². The van der Waals surface area contributed by atoms with Crippen LogP contribution in [0.25, 0.3) is 97.9 Å². The molecule has 0 unspecified atom stereocenters. The molecule has 4 heteroatoms. The smallest absolute Gasteiger partial charge is 0.146 e. The van der Waals surface area contributed by atoms with Gasteiger partial charge in [0.15, 0.2) is 0 Å². The maximum atomic E-state index is 5.61. The molecule has 0 saturated carbocycles. The number of anilines is 3. The van der Waals surface area contributed by atoms with Gasteiger partial charge in [0.05, 0.1) is 39.5 Å². The van der Waals surface area contributed by atoms with E-state index in [1.54, 1.807) is 0 Å². The van der Waals surface area contributed by atoms with Gasteiger partial charge in [-0.05, 0) is 110 Å². The third-order valence-corrected chi connectivity index (χ3v) is 13.6. The first-order valence-electron chi connectivity index (χ1n) is 21.6. The molecule has 0 N–H and O–H groups in total. The number of nitrogens with zero attached hydrogens (tertiary/aromatic N) is 4. The second-order valence-corrected chi connectivity index (χ2v) is 19.3. The van der Waals surface area contributed by atoms with Gasteiger partial charge in [0.2, 0.25) is 0 Å². The molecule has 61 heavy (non-hydrogen) atoms. The molecule has 0 spiro atoms. The fourth-order valence-electron chi connectivity index (χ4n) is 10.6. The van der Waals surface area contributed by atoms with Crippen LogP contribution in [0.2, 0.25) is 0 Å². The quantitative estimate of drug-likeness (QED) is 0.178. The van der Waals surface area contributed by atoms with E-state index in [2.05, 4.69) is 213 Å². The number of hydrogen-bond donors (Lipinski definition) is 0. The summed E-state index contributed by atoms with van der Waals surface area (Å²) in [6.45, 7) is 14.0. The van der Waals surface area contributed by atoms with Gasteiger partial charge in [-0.2, -0.15) is 0 Å². The Labute approximate surface area is 353 Å². The van der Waals surface area contributed by atoms with Crippen LogP contribution in [0, 0.1) is 0 Å². The summed E-state index contributed by atoms with van der Waals surface area (Å²) in [5, 5.41) is 15.2. The first-order valence-corrected chi connectivity index (χ1v) is 21.6. The van der Waals surface area contributed by atoms with E-state index in [-0.39, 0.29) is 10.8 Å². The minimum absolute atomic E-state index is 0.0510. The van der Waals surface area contributed by atoms with Crippen molar-refractivity contribution in [1.29, 1.82) is 0 Å². The van der Waals surface area contributed by atoms with E-state index in [0.717, 1.165) is 28.2 Å². The molecule has 292 valence electrons. The predicted octanol–water partition coefficient (Wildman–Crippen LogP) is 15.8. The Morgan fingerprint density at radius 1 is 0.410 bits per heavy atom. The zero-order valence-electron chi connectivity index (χ0n) is 35.3. The minimum Gasteiger partial charge on any atom is -0.308 e. The molecule has 13 rings (SSSR count). The fourth-order valence-corrected chi connectivity index (χ4v) is 10.6. The van der Waals surface area contributed by atoms with Gasteiger partial charge in [0.1, 0.15) is 5.65 Å². The normalized spacial score (nSPS) is 13.1. The summed E-state index contributed by atoms with van der Waals surface area (Å²) in [6, 6.07) is 56.5. The molecule has 8 aromatic carbocycles. The van der Waals surface area contributed by atoms with Crippen LogP contribution in [0.3, 0.4) is 0 Å². The van der Waals surface area contributed by atoms with Crippen LogP contribution < -0.4 is 4.90 Å². The Morgan fingerprint density at radius 2 is 0.951 bits per heavy atom. The molecular formula is C57H44N4. The number of para-hydroxylation sites is 2. The number of pyridine rings is 1. The first-order chi connectivity index (χ1) is 29.5.